The first-order valence-electron chi connectivity index (χ1n) is 5.29. The molecule has 80 valence electrons. The molecule has 1 aliphatic rings. The first-order chi connectivity index (χ1) is 6.70. The normalized spacial score (nSPS) is 22.9. The van der Waals surface area contributed by atoms with Crippen molar-refractivity contribution in [3.8, 4) is 0 Å². The fourth-order valence-corrected chi connectivity index (χ4v) is 1.91. The second-order valence-corrected chi connectivity index (χ2v) is 3.77. The van der Waals surface area contributed by atoms with E-state index in [4.69, 9.17) is 5.11 Å². The first kappa shape index (κ1) is 11.2. The van der Waals surface area contributed by atoms with Crippen molar-refractivity contribution in [3.05, 3.63) is 11.6 Å². The van der Waals surface area contributed by atoms with Gasteiger partial charge in [-0.2, -0.15) is 0 Å². The van der Waals surface area contributed by atoms with Crippen LogP contribution in [-0.4, -0.2) is 35.1 Å². The molecule has 0 aromatic rings. The van der Waals surface area contributed by atoms with Crippen molar-refractivity contribution < 1.29 is 9.90 Å². The Morgan fingerprint density at radius 3 is 2.93 bits per heavy atom. The minimum atomic E-state index is 0.0442. The number of carbonyl (C=O) groups is 1. The molecule has 1 aliphatic heterocycles. The molecule has 1 saturated heterocycles. The zero-order valence-electron chi connectivity index (χ0n) is 8.99. The maximum atomic E-state index is 11.9. The van der Waals surface area contributed by atoms with Gasteiger partial charge in [0.1, 0.15) is 0 Å². The van der Waals surface area contributed by atoms with Crippen molar-refractivity contribution >= 4 is 5.91 Å². The molecule has 1 heterocycles. The van der Waals surface area contributed by atoms with Crippen molar-refractivity contribution in [1.29, 1.82) is 0 Å². The van der Waals surface area contributed by atoms with Gasteiger partial charge < -0.3 is 10.0 Å². The highest BCUT2D eigenvalue weighted by Gasteiger charge is 2.28. The first-order valence-corrected chi connectivity index (χ1v) is 5.29. The Hall–Kier alpha value is -0.830. The van der Waals surface area contributed by atoms with Gasteiger partial charge in [0.15, 0.2) is 0 Å². The number of nitrogens with zero attached hydrogens (tertiary/aromatic N) is 1. The summed E-state index contributed by atoms with van der Waals surface area (Å²) in [6.07, 6.45) is 4.77. The van der Waals surface area contributed by atoms with Gasteiger partial charge in [-0.05, 0) is 26.2 Å². The van der Waals surface area contributed by atoms with Crippen LogP contribution < -0.4 is 0 Å². The van der Waals surface area contributed by atoms with Crippen molar-refractivity contribution in [3.63, 3.8) is 0 Å². The molecule has 0 aromatic heterocycles. The van der Waals surface area contributed by atoms with Gasteiger partial charge >= 0.3 is 0 Å². The van der Waals surface area contributed by atoms with Crippen molar-refractivity contribution in [2.24, 2.45) is 0 Å². The molecule has 1 fully saturated rings. The van der Waals surface area contributed by atoms with Crippen LogP contribution in [0.5, 0.6) is 0 Å². The van der Waals surface area contributed by atoms with E-state index in [0.29, 0.717) is 0 Å². The van der Waals surface area contributed by atoms with Crippen LogP contribution in [0.25, 0.3) is 0 Å². The molecule has 0 radical (unpaired) electrons. The van der Waals surface area contributed by atoms with Crippen LogP contribution in [-0.2, 0) is 4.79 Å². The van der Waals surface area contributed by atoms with E-state index >= 15 is 0 Å². The second kappa shape index (κ2) is 5.15. The van der Waals surface area contributed by atoms with Gasteiger partial charge in [-0.1, -0.05) is 13.0 Å². The number of carbonyl (C=O) groups excluding carboxylic acids is 1. The minimum absolute atomic E-state index is 0.0442. The molecule has 0 bridgehead atoms. The lowest BCUT2D eigenvalue weighted by molar-refractivity contribution is -0.128. The van der Waals surface area contributed by atoms with Crippen LogP contribution in [0.3, 0.4) is 0 Å². The van der Waals surface area contributed by atoms with E-state index in [9.17, 15) is 4.79 Å². The summed E-state index contributed by atoms with van der Waals surface area (Å²) in [5.41, 5.74) is 0.799. The average Bonchev–Trinajstić information content (AvgIpc) is 2.64. The van der Waals surface area contributed by atoms with Gasteiger partial charge in [0, 0.05) is 12.1 Å². The molecule has 1 atom stereocenters. The predicted molar refractivity (Wildman–Crippen MR) is 55.9 cm³/mol. The lowest BCUT2D eigenvalue weighted by atomic mass is 10.2. The molecule has 3 nitrogen and oxygen atoms in total. The third kappa shape index (κ3) is 2.35. The van der Waals surface area contributed by atoms with E-state index in [2.05, 4.69) is 0 Å². The summed E-state index contributed by atoms with van der Waals surface area (Å²) in [6.45, 7) is 4.74. The lowest BCUT2D eigenvalue weighted by Crippen LogP contribution is -2.38. The Bertz CT molecular complexity index is 235. The predicted octanol–water partition coefficient (Wildman–Crippen LogP) is 1.33. The molecule has 1 N–H and O–H groups in total. The number of amides is 1. The average molecular weight is 197 g/mol. The molecule has 1 rings (SSSR count). The minimum Gasteiger partial charge on any atom is -0.394 e. The highest BCUT2D eigenvalue weighted by Crippen LogP contribution is 2.19. The Kier molecular flexibility index (Phi) is 4.14. The van der Waals surface area contributed by atoms with E-state index in [1.54, 1.807) is 4.90 Å². The smallest absolute Gasteiger partial charge is 0.249 e. The summed E-state index contributed by atoms with van der Waals surface area (Å²) in [7, 11) is 0. The summed E-state index contributed by atoms with van der Waals surface area (Å²) in [4.78, 5) is 13.6. The van der Waals surface area contributed by atoms with Crippen molar-refractivity contribution in [1.82, 2.24) is 4.90 Å². The van der Waals surface area contributed by atoms with Crippen molar-refractivity contribution in [2.75, 3.05) is 13.2 Å². The maximum absolute atomic E-state index is 11.9. The second-order valence-electron chi connectivity index (χ2n) is 3.77. The monoisotopic (exact) mass is 197 g/mol. The van der Waals surface area contributed by atoms with Crippen LogP contribution in [0.1, 0.15) is 33.1 Å². The van der Waals surface area contributed by atoms with Crippen molar-refractivity contribution in [2.45, 2.75) is 39.2 Å². The SMILES string of the molecule is CCC=C(C)C(=O)N1CCC[C@H]1CO. The van der Waals surface area contributed by atoms with Crippen LogP contribution in [0.15, 0.2) is 11.6 Å². The highest BCUT2D eigenvalue weighted by molar-refractivity contribution is 5.93. The van der Waals surface area contributed by atoms with Crippen LogP contribution in [0, 0.1) is 0 Å². The largest absolute Gasteiger partial charge is 0.394 e. The maximum Gasteiger partial charge on any atom is 0.249 e. The number of hydrogen-bond acceptors (Lipinski definition) is 2. The third-order valence-electron chi connectivity index (χ3n) is 2.70. The Labute approximate surface area is 85.4 Å². The zero-order chi connectivity index (χ0) is 10.6. The van der Waals surface area contributed by atoms with Gasteiger partial charge in [-0.3, -0.25) is 4.79 Å². The lowest BCUT2D eigenvalue weighted by Gasteiger charge is -2.23. The van der Waals surface area contributed by atoms with Gasteiger partial charge in [0.05, 0.1) is 12.6 Å². The molecule has 0 spiro atoms. The van der Waals surface area contributed by atoms with Gasteiger partial charge in [-0.15, -0.1) is 0 Å². The summed E-state index contributed by atoms with van der Waals surface area (Å²) in [5.74, 6) is 0.0865. The Morgan fingerprint density at radius 2 is 2.36 bits per heavy atom. The van der Waals surface area contributed by atoms with Gasteiger partial charge in [0.2, 0.25) is 5.91 Å². The molecular weight excluding hydrogens is 178 g/mol. The molecular formula is C11H19NO2. The van der Waals surface area contributed by atoms with Crippen LogP contribution in [0.4, 0.5) is 0 Å². The topological polar surface area (TPSA) is 40.5 Å². The number of allylic oxidation sites excluding steroid dienone is 1. The quantitative estimate of drug-likeness (QED) is 0.693. The number of aliphatic hydroxyl groups excluding tert-OH is 1. The number of aliphatic hydroxyl groups is 1. The summed E-state index contributed by atoms with van der Waals surface area (Å²) in [6, 6.07) is 0.0442. The van der Waals surface area contributed by atoms with E-state index in [-0.39, 0.29) is 18.6 Å². The highest BCUT2D eigenvalue weighted by atomic mass is 16.3. The van der Waals surface area contributed by atoms with Crippen LogP contribution >= 0.6 is 0 Å². The number of hydrogen-bond donors (Lipinski definition) is 1. The standard InChI is InChI=1S/C11H19NO2/c1-3-5-9(2)11(14)12-7-4-6-10(12)8-13/h5,10,13H,3-4,6-8H2,1-2H3/t10-/m0/s1. The van der Waals surface area contributed by atoms with E-state index in [0.717, 1.165) is 31.4 Å². The zero-order valence-corrected chi connectivity index (χ0v) is 8.99. The molecule has 0 saturated carbocycles. The summed E-state index contributed by atoms with van der Waals surface area (Å²) in [5, 5.41) is 9.08. The van der Waals surface area contributed by atoms with Gasteiger partial charge in [-0.25, -0.2) is 0 Å². The van der Waals surface area contributed by atoms with Gasteiger partial charge in [0.25, 0.3) is 0 Å². The molecule has 0 aromatic carbocycles. The van der Waals surface area contributed by atoms with E-state index in [1.165, 1.54) is 0 Å². The fraction of sp³-hybridized carbons (Fsp3) is 0.727. The Balaban J connectivity index is 2.64. The molecule has 0 aliphatic carbocycles. The van der Waals surface area contributed by atoms with E-state index in [1.807, 2.05) is 19.9 Å². The molecule has 3 heteroatoms. The molecule has 14 heavy (non-hydrogen) atoms. The third-order valence-corrected chi connectivity index (χ3v) is 2.70. The van der Waals surface area contributed by atoms with E-state index < -0.39 is 0 Å². The Morgan fingerprint density at radius 1 is 1.64 bits per heavy atom. The van der Waals surface area contributed by atoms with Crippen LogP contribution in [0.2, 0.25) is 0 Å². The number of likely N-dealkylation sites (tertiary alicyclic amines) is 1. The summed E-state index contributed by atoms with van der Waals surface area (Å²) < 4.78 is 0. The number of rotatable bonds is 3. The summed E-state index contributed by atoms with van der Waals surface area (Å²) >= 11 is 0. The fourth-order valence-electron chi connectivity index (χ4n) is 1.91. The molecule has 0 unspecified atom stereocenters. The molecule has 1 amide bonds.